The van der Waals surface area contributed by atoms with Gasteiger partial charge in [0.25, 0.3) is 5.91 Å². The Morgan fingerprint density at radius 2 is 1.89 bits per heavy atom. The maximum atomic E-state index is 12.4. The highest BCUT2D eigenvalue weighted by molar-refractivity contribution is 6.35. The Bertz CT molecular complexity index is 475. The number of alkyl halides is 3. The molecule has 0 aliphatic heterocycles. The van der Waals surface area contributed by atoms with E-state index in [9.17, 15) is 18.0 Å². The van der Waals surface area contributed by atoms with Crippen molar-refractivity contribution in [3.05, 3.63) is 28.2 Å². The van der Waals surface area contributed by atoms with E-state index in [0.29, 0.717) is 6.92 Å². The third kappa shape index (κ3) is 3.07. The third-order valence-corrected chi connectivity index (χ3v) is 2.74. The Morgan fingerprint density at radius 1 is 1.33 bits per heavy atom. The topological polar surface area (TPSA) is 49.3 Å². The molecular weight excluding hydrogens is 294 g/mol. The molecule has 0 fully saturated rings. The second kappa shape index (κ2) is 4.95. The van der Waals surface area contributed by atoms with Gasteiger partial charge in [-0.2, -0.15) is 13.2 Å². The molecule has 18 heavy (non-hydrogen) atoms. The number of anilines is 1. The molecule has 0 aromatic heterocycles. The zero-order chi connectivity index (χ0) is 14.1. The molecule has 2 N–H and O–H groups in total. The highest BCUT2D eigenvalue weighted by atomic mass is 35.5. The quantitative estimate of drug-likeness (QED) is 0.881. The first-order chi connectivity index (χ1) is 8.05. The van der Waals surface area contributed by atoms with E-state index in [1.807, 2.05) is 5.32 Å². The minimum absolute atomic E-state index is 0.00530. The van der Waals surface area contributed by atoms with Gasteiger partial charge < -0.3 is 10.4 Å². The van der Waals surface area contributed by atoms with Crippen molar-refractivity contribution in [1.82, 2.24) is 0 Å². The van der Waals surface area contributed by atoms with Crippen LogP contribution in [0.5, 0.6) is 0 Å². The van der Waals surface area contributed by atoms with Gasteiger partial charge in [0.05, 0.1) is 10.7 Å². The lowest BCUT2D eigenvalue weighted by Gasteiger charge is -2.25. The van der Waals surface area contributed by atoms with Gasteiger partial charge in [0.15, 0.2) is 0 Å². The highest BCUT2D eigenvalue weighted by Gasteiger charge is 2.55. The Hall–Kier alpha value is -0.980. The van der Waals surface area contributed by atoms with Gasteiger partial charge >= 0.3 is 6.18 Å². The van der Waals surface area contributed by atoms with Crippen LogP contribution < -0.4 is 5.32 Å². The van der Waals surface area contributed by atoms with Crippen molar-refractivity contribution in [3.63, 3.8) is 0 Å². The summed E-state index contributed by atoms with van der Waals surface area (Å²) in [5.41, 5.74) is -3.63. The van der Waals surface area contributed by atoms with Crippen LogP contribution in [0.15, 0.2) is 18.2 Å². The minimum Gasteiger partial charge on any atom is -0.373 e. The summed E-state index contributed by atoms with van der Waals surface area (Å²) in [6.45, 7) is 0.348. The van der Waals surface area contributed by atoms with Gasteiger partial charge in [-0.25, -0.2) is 0 Å². The molecule has 0 saturated carbocycles. The lowest BCUT2D eigenvalue weighted by Crippen LogP contribution is -2.52. The number of aliphatic hydroxyl groups is 1. The number of nitrogens with one attached hydrogen (secondary N) is 1. The Kier molecular flexibility index (Phi) is 4.15. The van der Waals surface area contributed by atoms with E-state index in [0.717, 1.165) is 0 Å². The second-order valence-corrected chi connectivity index (χ2v) is 4.49. The van der Waals surface area contributed by atoms with E-state index in [4.69, 9.17) is 28.3 Å². The molecule has 1 aromatic rings. The van der Waals surface area contributed by atoms with Crippen LogP contribution in [0, 0.1) is 0 Å². The van der Waals surface area contributed by atoms with Crippen LogP contribution in [-0.4, -0.2) is 22.8 Å². The third-order valence-electron chi connectivity index (χ3n) is 2.17. The average molecular weight is 302 g/mol. The molecule has 3 nitrogen and oxygen atoms in total. The number of carbonyl (C=O) groups excluding carboxylic acids is 1. The van der Waals surface area contributed by atoms with Crippen molar-refractivity contribution in [2.24, 2.45) is 0 Å². The fraction of sp³-hybridized carbons (Fsp3) is 0.300. The molecule has 1 amide bonds. The number of hydrogen-bond donors (Lipinski definition) is 2. The summed E-state index contributed by atoms with van der Waals surface area (Å²) in [6.07, 6.45) is -5.10. The number of carbonyl (C=O) groups is 1. The average Bonchev–Trinajstić information content (AvgIpc) is 2.21. The van der Waals surface area contributed by atoms with Crippen molar-refractivity contribution < 1.29 is 23.1 Å². The molecule has 0 spiro atoms. The molecule has 100 valence electrons. The maximum absolute atomic E-state index is 12.4. The molecule has 1 rings (SSSR count). The van der Waals surface area contributed by atoms with Crippen molar-refractivity contribution in [1.29, 1.82) is 0 Å². The number of benzene rings is 1. The fourth-order valence-electron chi connectivity index (χ4n) is 0.966. The van der Waals surface area contributed by atoms with Crippen molar-refractivity contribution >= 4 is 34.8 Å². The minimum atomic E-state index is -5.10. The number of hydrogen-bond acceptors (Lipinski definition) is 2. The van der Waals surface area contributed by atoms with E-state index in [1.165, 1.54) is 18.2 Å². The lowest BCUT2D eigenvalue weighted by molar-refractivity contribution is -0.242. The van der Waals surface area contributed by atoms with Crippen LogP contribution in [-0.2, 0) is 4.79 Å². The summed E-state index contributed by atoms with van der Waals surface area (Å²) in [4.78, 5) is 11.4. The normalized spacial score (nSPS) is 15.1. The van der Waals surface area contributed by atoms with Crippen LogP contribution >= 0.6 is 23.2 Å². The summed E-state index contributed by atoms with van der Waals surface area (Å²) in [6, 6.07) is 3.89. The molecule has 0 bridgehead atoms. The van der Waals surface area contributed by atoms with Crippen molar-refractivity contribution in [3.8, 4) is 0 Å². The van der Waals surface area contributed by atoms with Crippen LogP contribution in [0.2, 0.25) is 10.0 Å². The number of amides is 1. The number of rotatable bonds is 2. The van der Waals surface area contributed by atoms with Crippen molar-refractivity contribution in [2.45, 2.75) is 18.7 Å². The summed E-state index contributed by atoms with van der Waals surface area (Å²) in [5, 5.41) is 11.2. The smallest absolute Gasteiger partial charge is 0.373 e. The molecule has 0 aliphatic carbocycles. The zero-order valence-electron chi connectivity index (χ0n) is 8.98. The fourth-order valence-corrected chi connectivity index (χ4v) is 1.30. The predicted octanol–water partition coefficient (Wildman–Crippen LogP) is 3.25. The van der Waals surface area contributed by atoms with Gasteiger partial charge in [0.2, 0.25) is 5.60 Å². The number of halogens is 5. The molecule has 8 heteroatoms. The van der Waals surface area contributed by atoms with Crippen LogP contribution in [0.3, 0.4) is 0 Å². The molecule has 0 unspecified atom stereocenters. The van der Waals surface area contributed by atoms with Gasteiger partial charge in [-0.05, 0) is 25.1 Å². The first kappa shape index (κ1) is 15.1. The second-order valence-electron chi connectivity index (χ2n) is 3.65. The standard InChI is InChI=1S/C10H8Cl2F3NO2/c1-9(18,10(13,14)15)8(17)16-7-4-5(11)2-3-6(7)12/h2-4,18H,1H3,(H,16,17)/t9-/m1/s1. The largest absolute Gasteiger partial charge is 0.426 e. The summed E-state index contributed by atoms with van der Waals surface area (Å²) < 4.78 is 37.2. The lowest BCUT2D eigenvalue weighted by atomic mass is 10.1. The van der Waals surface area contributed by atoms with Crippen LogP contribution in [0.1, 0.15) is 6.92 Å². The molecule has 1 atom stereocenters. The molecule has 0 saturated heterocycles. The summed E-state index contributed by atoms with van der Waals surface area (Å²) in [5.74, 6) is -1.64. The van der Waals surface area contributed by atoms with Gasteiger partial charge in [-0.15, -0.1) is 0 Å². The van der Waals surface area contributed by atoms with E-state index in [1.54, 1.807) is 0 Å². The van der Waals surface area contributed by atoms with Gasteiger partial charge in [0, 0.05) is 5.02 Å². The van der Waals surface area contributed by atoms with Crippen LogP contribution in [0.4, 0.5) is 18.9 Å². The molecular formula is C10H8Cl2F3NO2. The predicted molar refractivity (Wildman–Crippen MR) is 61.8 cm³/mol. The molecule has 0 aliphatic rings. The van der Waals surface area contributed by atoms with E-state index in [2.05, 4.69) is 0 Å². The molecule has 1 aromatic carbocycles. The van der Waals surface area contributed by atoms with E-state index in [-0.39, 0.29) is 15.7 Å². The summed E-state index contributed by atoms with van der Waals surface area (Å²) >= 11 is 11.3. The van der Waals surface area contributed by atoms with E-state index >= 15 is 0 Å². The molecule has 0 heterocycles. The Balaban J connectivity index is 2.98. The summed E-state index contributed by atoms with van der Waals surface area (Å²) in [7, 11) is 0. The SMILES string of the molecule is C[C@@](O)(C(=O)Nc1cc(Cl)ccc1Cl)C(F)(F)F. The van der Waals surface area contributed by atoms with E-state index < -0.39 is 17.7 Å². The first-order valence-electron chi connectivity index (χ1n) is 4.61. The maximum Gasteiger partial charge on any atom is 0.426 e. The Labute approximate surface area is 110 Å². The monoisotopic (exact) mass is 301 g/mol. The Morgan fingerprint density at radius 3 is 2.39 bits per heavy atom. The van der Waals surface area contributed by atoms with Gasteiger partial charge in [0.1, 0.15) is 0 Å². The first-order valence-corrected chi connectivity index (χ1v) is 5.37. The van der Waals surface area contributed by atoms with Crippen molar-refractivity contribution in [2.75, 3.05) is 5.32 Å². The molecule has 0 radical (unpaired) electrons. The highest BCUT2D eigenvalue weighted by Crippen LogP contribution is 2.32. The van der Waals surface area contributed by atoms with Crippen LogP contribution in [0.25, 0.3) is 0 Å². The zero-order valence-corrected chi connectivity index (χ0v) is 10.5. The van der Waals surface area contributed by atoms with Gasteiger partial charge in [-0.1, -0.05) is 23.2 Å². The van der Waals surface area contributed by atoms with Gasteiger partial charge in [-0.3, -0.25) is 4.79 Å².